The Hall–Kier alpha value is -3.30. The molecule has 6 nitrogen and oxygen atoms in total. The van der Waals surface area contributed by atoms with Gasteiger partial charge in [0, 0.05) is 17.7 Å². The number of carbonyl (C=O) groups is 1. The average Bonchev–Trinajstić information content (AvgIpc) is 3.46. The van der Waals surface area contributed by atoms with E-state index in [9.17, 15) is 18.0 Å². The smallest absolute Gasteiger partial charge is 0.388 e. The van der Waals surface area contributed by atoms with E-state index in [0.717, 1.165) is 35.5 Å². The first-order valence-electron chi connectivity index (χ1n) is 11.9. The molecule has 0 aromatic heterocycles. The lowest BCUT2D eigenvalue weighted by atomic mass is 9.89. The van der Waals surface area contributed by atoms with Crippen LogP contribution in [0.1, 0.15) is 30.9 Å². The predicted octanol–water partition coefficient (Wildman–Crippen LogP) is 4.48. The van der Waals surface area contributed by atoms with Gasteiger partial charge in [0.25, 0.3) is 0 Å². The number of nitrogens with one attached hydrogen (secondary N) is 3. The Morgan fingerprint density at radius 2 is 1.94 bits per heavy atom. The highest BCUT2D eigenvalue weighted by atomic mass is 19.4. The van der Waals surface area contributed by atoms with Crippen molar-refractivity contribution in [3.8, 4) is 0 Å². The lowest BCUT2D eigenvalue weighted by Gasteiger charge is -2.31. The summed E-state index contributed by atoms with van der Waals surface area (Å²) >= 11 is 0. The molecule has 1 spiro atoms. The number of allylic oxidation sites excluding steroid dienone is 1. The maximum Gasteiger partial charge on any atom is 0.411 e. The van der Waals surface area contributed by atoms with Crippen molar-refractivity contribution in [3.05, 3.63) is 84.1 Å². The number of anilines is 1. The number of rotatable bonds is 7. The summed E-state index contributed by atoms with van der Waals surface area (Å²) in [5.74, 6) is -0.228. The van der Waals surface area contributed by atoms with Crippen LogP contribution in [0.5, 0.6) is 0 Å². The van der Waals surface area contributed by atoms with Gasteiger partial charge in [0.05, 0.1) is 23.9 Å². The fraction of sp³-hybridized carbons (Fsp3) is 0.370. The molecule has 0 radical (unpaired) electrons. The number of hydrazine groups is 1. The Kier molecular flexibility index (Phi) is 6.08. The minimum Gasteiger partial charge on any atom is -0.388 e. The quantitative estimate of drug-likeness (QED) is 0.526. The summed E-state index contributed by atoms with van der Waals surface area (Å²) in [5.41, 5.74) is 6.37. The molecule has 190 valence electrons. The molecule has 5 rings (SSSR count). The molecule has 2 unspecified atom stereocenters. The van der Waals surface area contributed by atoms with Gasteiger partial charge in [-0.1, -0.05) is 43.0 Å². The maximum atomic E-state index is 13.4. The van der Waals surface area contributed by atoms with Crippen LogP contribution in [0.15, 0.2) is 72.9 Å². The van der Waals surface area contributed by atoms with Crippen molar-refractivity contribution >= 4 is 17.3 Å². The number of carbonyl (C=O) groups excluding carboxylic acids is 1. The molecule has 9 heteroatoms. The summed E-state index contributed by atoms with van der Waals surface area (Å²) in [5, 5.41) is 8.32. The van der Waals surface area contributed by atoms with Gasteiger partial charge in [0.2, 0.25) is 5.91 Å². The van der Waals surface area contributed by atoms with Crippen molar-refractivity contribution in [1.29, 1.82) is 0 Å². The second-order valence-corrected chi connectivity index (χ2v) is 9.88. The van der Waals surface area contributed by atoms with Gasteiger partial charge in [-0.2, -0.15) is 13.2 Å². The highest BCUT2D eigenvalue weighted by molar-refractivity contribution is 5.86. The molecule has 36 heavy (non-hydrogen) atoms. The topological polar surface area (TPSA) is 65.6 Å². The van der Waals surface area contributed by atoms with E-state index in [-0.39, 0.29) is 23.8 Å². The van der Waals surface area contributed by atoms with Gasteiger partial charge in [0.15, 0.2) is 0 Å². The molecule has 1 amide bonds. The van der Waals surface area contributed by atoms with Crippen LogP contribution >= 0.6 is 0 Å². The van der Waals surface area contributed by atoms with Gasteiger partial charge < -0.3 is 15.4 Å². The van der Waals surface area contributed by atoms with E-state index < -0.39 is 18.4 Å². The van der Waals surface area contributed by atoms with Crippen molar-refractivity contribution in [1.82, 2.24) is 16.1 Å². The first-order valence-corrected chi connectivity index (χ1v) is 11.9. The highest BCUT2D eigenvalue weighted by Crippen LogP contribution is 2.59. The van der Waals surface area contributed by atoms with E-state index in [1.807, 2.05) is 54.4 Å². The average molecular weight is 499 g/mol. The molecule has 0 bridgehead atoms. The third-order valence-corrected chi connectivity index (χ3v) is 7.06. The summed E-state index contributed by atoms with van der Waals surface area (Å²) < 4.78 is 42.4. The number of halogens is 3. The van der Waals surface area contributed by atoms with E-state index in [1.54, 1.807) is 18.2 Å². The number of amides is 1. The number of benzene rings is 2. The summed E-state index contributed by atoms with van der Waals surface area (Å²) in [4.78, 5) is 13.4. The molecule has 3 N–H and O–H groups in total. The normalized spacial score (nSPS) is 24.6. The predicted molar refractivity (Wildman–Crippen MR) is 131 cm³/mol. The molecule has 2 atom stereocenters. The van der Waals surface area contributed by atoms with Crippen LogP contribution in [0.4, 0.5) is 18.9 Å². The van der Waals surface area contributed by atoms with Crippen molar-refractivity contribution in [3.63, 3.8) is 0 Å². The van der Waals surface area contributed by atoms with E-state index >= 15 is 0 Å². The fourth-order valence-electron chi connectivity index (χ4n) is 5.10. The number of nitrogens with zero attached hydrogens (tertiary/aromatic N) is 1. The SMILES string of the molecule is C=C1NCC(C(=O)NC2(C)C=C(c3cccc(COCC(F)(F)F)c3)N(c3ccccc3)N2)C12CC2. The Morgan fingerprint density at radius 3 is 2.64 bits per heavy atom. The highest BCUT2D eigenvalue weighted by Gasteiger charge is 2.58. The van der Waals surface area contributed by atoms with Crippen LogP contribution in [-0.4, -0.2) is 30.9 Å². The van der Waals surface area contributed by atoms with Crippen LogP contribution < -0.4 is 21.1 Å². The third kappa shape index (κ3) is 4.85. The maximum absolute atomic E-state index is 13.4. The number of hydrogen-bond donors (Lipinski definition) is 3. The van der Waals surface area contributed by atoms with Crippen LogP contribution in [0.25, 0.3) is 5.70 Å². The molecule has 1 saturated heterocycles. The van der Waals surface area contributed by atoms with E-state index in [2.05, 4.69) is 22.6 Å². The molecule has 2 aliphatic heterocycles. The molecule has 2 aromatic carbocycles. The molecule has 2 aromatic rings. The minimum absolute atomic E-state index is 0.0477. The zero-order valence-electron chi connectivity index (χ0n) is 20.0. The Bertz CT molecular complexity index is 1190. The zero-order valence-corrected chi connectivity index (χ0v) is 20.0. The van der Waals surface area contributed by atoms with E-state index in [4.69, 9.17) is 4.74 Å². The van der Waals surface area contributed by atoms with Crippen molar-refractivity contribution < 1.29 is 22.7 Å². The molecule has 1 saturated carbocycles. The third-order valence-electron chi connectivity index (χ3n) is 7.06. The molecular formula is C27H29F3N4O2. The number of alkyl halides is 3. The molecular weight excluding hydrogens is 469 g/mol. The molecule has 2 heterocycles. The first-order chi connectivity index (χ1) is 17.1. The molecule has 2 fully saturated rings. The second kappa shape index (κ2) is 8.97. The van der Waals surface area contributed by atoms with E-state index in [0.29, 0.717) is 12.1 Å². The molecule has 3 aliphatic rings. The van der Waals surface area contributed by atoms with Gasteiger partial charge in [-0.05, 0) is 55.2 Å². The fourth-order valence-corrected chi connectivity index (χ4v) is 5.10. The van der Waals surface area contributed by atoms with Crippen LogP contribution in [0, 0.1) is 11.3 Å². The van der Waals surface area contributed by atoms with Gasteiger partial charge in [0.1, 0.15) is 12.3 Å². The second-order valence-electron chi connectivity index (χ2n) is 9.88. The Morgan fingerprint density at radius 1 is 1.19 bits per heavy atom. The number of para-hydroxylation sites is 1. The van der Waals surface area contributed by atoms with Crippen molar-refractivity contribution in [2.45, 2.75) is 38.2 Å². The van der Waals surface area contributed by atoms with Gasteiger partial charge in [-0.15, -0.1) is 0 Å². The van der Waals surface area contributed by atoms with E-state index in [1.165, 1.54) is 0 Å². The van der Waals surface area contributed by atoms with Gasteiger partial charge in [-0.3, -0.25) is 9.80 Å². The monoisotopic (exact) mass is 498 g/mol. The lowest BCUT2D eigenvalue weighted by molar-refractivity contribution is -0.176. The number of ether oxygens (including phenoxy) is 1. The van der Waals surface area contributed by atoms with Gasteiger partial charge >= 0.3 is 6.18 Å². The summed E-state index contributed by atoms with van der Waals surface area (Å²) in [7, 11) is 0. The van der Waals surface area contributed by atoms with Crippen molar-refractivity contribution in [2.24, 2.45) is 11.3 Å². The standard InChI is InChI=1S/C27H29F3N4O2/c1-18-26(11-12-26)22(15-31-18)24(35)32-25(2)14-23(34(33-25)21-9-4-3-5-10-21)20-8-6-7-19(13-20)16-36-17-27(28,29)30/h3-10,13-14,22,31,33H,1,11-12,15-17H2,2H3,(H,32,35). The minimum atomic E-state index is -4.38. The van der Waals surface area contributed by atoms with Crippen molar-refractivity contribution in [2.75, 3.05) is 18.2 Å². The zero-order chi connectivity index (χ0) is 25.6. The summed E-state index contributed by atoms with van der Waals surface area (Å²) in [6.07, 6.45) is -0.521. The summed E-state index contributed by atoms with van der Waals surface area (Å²) in [6, 6.07) is 16.8. The molecule has 1 aliphatic carbocycles. The van der Waals surface area contributed by atoms with Gasteiger partial charge in [-0.25, -0.2) is 5.43 Å². The van der Waals surface area contributed by atoms with Crippen LogP contribution in [0.3, 0.4) is 0 Å². The Labute approximate surface area is 208 Å². The van der Waals surface area contributed by atoms with Crippen LogP contribution in [0.2, 0.25) is 0 Å². The number of hydrogen-bond acceptors (Lipinski definition) is 5. The summed E-state index contributed by atoms with van der Waals surface area (Å²) in [6.45, 7) is 5.10. The van der Waals surface area contributed by atoms with Crippen LogP contribution in [-0.2, 0) is 16.1 Å². The Balaban J connectivity index is 1.40. The first kappa shape index (κ1) is 24.4. The lowest BCUT2D eigenvalue weighted by Crippen LogP contribution is -2.58. The largest absolute Gasteiger partial charge is 0.411 e.